The van der Waals surface area contributed by atoms with Gasteiger partial charge in [-0.05, 0) is 51.6 Å². The summed E-state index contributed by atoms with van der Waals surface area (Å²) in [5.41, 5.74) is 2.01. The highest BCUT2D eigenvalue weighted by Crippen LogP contribution is 2.30. The molecule has 1 aromatic carbocycles. The van der Waals surface area contributed by atoms with Gasteiger partial charge in [0.05, 0.1) is 17.4 Å². The Bertz CT molecular complexity index is 1390. The van der Waals surface area contributed by atoms with Gasteiger partial charge in [0.1, 0.15) is 17.0 Å². The summed E-state index contributed by atoms with van der Waals surface area (Å²) in [6.07, 6.45) is 1.06. The second kappa shape index (κ2) is 10.4. The van der Waals surface area contributed by atoms with Crippen LogP contribution in [0.2, 0.25) is 0 Å². The lowest BCUT2D eigenvalue weighted by molar-refractivity contribution is 0.130. The van der Waals surface area contributed by atoms with Crippen molar-refractivity contribution in [2.24, 2.45) is 0 Å². The van der Waals surface area contributed by atoms with Gasteiger partial charge in [0.25, 0.3) is 0 Å². The molecule has 0 bridgehead atoms. The van der Waals surface area contributed by atoms with E-state index < -0.39 is 11.6 Å². The first-order valence-corrected chi connectivity index (χ1v) is 12.6. The molecule has 1 fully saturated rings. The molecule has 1 saturated heterocycles. The van der Waals surface area contributed by atoms with E-state index in [1.54, 1.807) is 12.1 Å². The van der Waals surface area contributed by atoms with Gasteiger partial charge in [-0.25, -0.2) is 23.7 Å². The smallest absolute Gasteiger partial charge is 0.229 e. The van der Waals surface area contributed by atoms with E-state index in [4.69, 9.17) is 0 Å². The Hall–Kier alpha value is -3.57. The molecular weight excluding hydrogens is 476 g/mol. The number of halogens is 2. The Balaban J connectivity index is 1.35. The van der Waals surface area contributed by atoms with Crippen molar-refractivity contribution < 1.29 is 8.78 Å². The third kappa shape index (κ3) is 5.28. The van der Waals surface area contributed by atoms with E-state index in [1.165, 1.54) is 6.07 Å². The maximum atomic E-state index is 14.9. The van der Waals surface area contributed by atoms with Crippen LogP contribution in [0.5, 0.6) is 0 Å². The molecule has 11 heteroatoms. The van der Waals surface area contributed by atoms with Crippen LogP contribution in [-0.2, 0) is 6.54 Å². The van der Waals surface area contributed by atoms with Gasteiger partial charge < -0.3 is 14.8 Å². The van der Waals surface area contributed by atoms with Crippen LogP contribution in [0.25, 0.3) is 22.3 Å². The molecule has 0 amide bonds. The Kier molecular flexibility index (Phi) is 7.07. The number of benzene rings is 1. The lowest BCUT2D eigenvalue weighted by atomic mass is 10.1. The average molecular weight is 508 g/mol. The van der Waals surface area contributed by atoms with Crippen LogP contribution in [0.15, 0.2) is 30.5 Å². The average Bonchev–Trinajstić information content (AvgIpc) is 3.23. The third-order valence-corrected chi connectivity index (χ3v) is 6.72. The number of imidazole rings is 1. The molecule has 0 spiro atoms. The molecule has 0 radical (unpaired) electrons. The molecule has 0 saturated carbocycles. The molecule has 37 heavy (non-hydrogen) atoms. The minimum absolute atomic E-state index is 0.0109. The van der Waals surface area contributed by atoms with Crippen LogP contribution >= 0.6 is 0 Å². The Labute approximate surface area is 214 Å². The number of nitrogens with zero attached hydrogens (tertiary/aromatic N) is 8. The van der Waals surface area contributed by atoms with Crippen LogP contribution in [-0.4, -0.2) is 72.2 Å². The summed E-state index contributed by atoms with van der Waals surface area (Å²) in [5, 5.41) is 11.5. The Morgan fingerprint density at radius 2 is 1.73 bits per heavy atom. The number of likely N-dealkylation sites (N-methyl/N-ethyl adjacent to an activating group) is 1. The molecule has 1 aliphatic rings. The molecule has 0 aliphatic carbocycles. The summed E-state index contributed by atoms with van der Waals surface area (Å²) in [4.78, 5) is 17.5. The van der Waals surface area contributed by atoms with Crippen molar-refractivity contribution in [3.05, 3.63) is 53.6 Å². The predicted molar refractivity (Wildman–Crippen MR) is 139 cm³/mol. The second-order valence-corrected chi connectivity index (χ2v) is 9.58. The van der Waals surface area contributed by atoms with Crippen molar-refractivity contribution in [2.45, 2.75) is 40.3 Å². The van der Waals surface area contributed by atoms with Gasteiger partial charge in [-0.1, -0.05) is 6.92 Å². The van der Waals surface area contributed by atoms with Crippen LogP contribution in [0, 0.1) is 18.6 Å². The number of fused-ring (bicyclic) bond motifs is 1. The number of nitrogens with one attached hydrogen (secondary N) is 1. The van der Waals surface area contributed by atoms with E-state index in [9.17, 15) is 8.78 Å². The zero-order valence-corrected chi connectivity index (χ0v) is 21.5. The van der Waals surface area contributed by atoms with Crippen molar-refractivity contribution in [2.75, 3.05) is 38.0 Å². The van der Waals surface area contributed by atoms with Gasteiger partial charge in [0.2, 0.25) is 5.95 Å². The zero-order chi connectivity index (χ0) is 26.1. The molecule has 9 nitrogen and oxygen atoms in total. The highest BCUT2D eigenvalue weighted by Gasteiger charge is 2.19. The van der Waals surface area contributed by atoms with Gasteiger partial charge in [-0.2, -0.15) is 5.10 Å². The standard InChI is InChI=1S/C26H31F2N9/c1-5-35-8-10-36(11-9-35)15-19-6-7-23(34-33-19)31-26-29-14-21(28)24(32-26)18-12-20(27)25-22(13-18)37(16(2)3)17(4)30-25/h6-7,12-14,16H,5,8-11,15H2,1-4H3,(H,29,31,32,34). The van der Waals surface area contributed by atoms with Crippen molar-refractivity contribution in [1.82, 2.24) is 39.5 Å². The first-order valence-electron chi connectivity index (χ1n) is 12.6. The lowest BCUT2D eigenvalue weighted by Gasteiger charge is -2.33. The van der Waals surface area contributed by atoms with E-state index in [2.05, 4.69) is 47.2 Å². The molecule has 4 aromatic rings. The Morgan fingerprint density at radius 1 is 0.973 bits per heavy atom. The van der Waals surface area contributed by atoms with Crippen molar-refractivity contribution in [3.8, 4) is 11.3 Å². The van der Waals surface area contributed by atoms with Gasteiger partial charge in [0, 0.05) is 44.3 Å². The molecule has 1 aliphatic heterocycles. The molecule has 3 aromatic heterocycles. The summed E-state index contributed by atoms with van der Waals surface area (Å²) in [6.45, 7) is 13.9. The number of aromatic nitrogens is 6. The molecule has 0 unspecified atom stereocenters. The summed E-state index contributed by atoms with van der Waals surface area (Å²) < 4.78 is 31.6. The van der Waals surface area contributed by atoms with Gasteiger partial charge in [-0.15, -0.1) is 5.10 Å². The van der Waals surface area contributed by atoms with E-state index in [-0.39, 0.29) is 23.2 Å². The molecule has 194 valence electrons. The normalized spacial score (nSPS) is 15.1. The number of hydrogen-bond acceptors (Lipinski definition) is 8. The van der Waals surface area contributed by atoms with Crippen LogP contribution in [0.4, 0.5) is 20.5 Å². The fourth-order valence-electron chi connectivity index (χ4n) is 4.81. The molecule has 4 heterocycles. The number of anilines is 2. The van der Waals surface area contributed by atoms with Gasteiger partial charge in [0.15, 0.2) is 17.5 Å². The molecule has 1 N–H and O–H groups in total. The third-order valence-electron chi connectivity index (χ3n) is 6.72. The Morgan fingerprint density at radius 3 is 2.41 bits per heavy atom. The predicted octanol–water partition coefficient (Wildman–Crippen LogP) is 4.33. The van der Waals surface area contributed by atoms with E-state index in [0.29, 0.717) is 22.7 Å². The number of piperazine rings is 1. The highest BCUT2D eigenvalue weighted by atomic mass is 19.1. The zero-order valence-electron chi connectivity index (χ0n) is 21.5. The second-order valence-electron chi connectivity index (χ2n) is 9.58. The molecule has 5 rings (SSSR count). The monoisotopic (exact) mass is 507 g/mol. The van der Waals surface area contributed by atoms with Crippen LogP contribution in [0.3, 0.4) is 0 Å². The van der Waals surface area contributed by atoms with Crippen molar-refractivity contribution in [3.63, 3.8) is 0 Å². The van der Waals surface area contributed by atoms with E-state index in [0.717, 1.165) is 51.2 Å². The summed E-state index contributed by atoms with van der Waals surface area (Å²) in [5.74, 6) is 0.0913. The lowest BCUT2D eigenvalue weighted by Crippen LogP contribution is -2.45. The van der Waals surface area contributed by atoms with E-state index >= 15 is 0 Å². The quantitative estimate of drug-likeness (QED) is 0.396. The summed E-state index contributed by atoms with van der Waals surface area (Å²) >= 11 is 0. The SMILES string of the molecule is CCN1CCN(Cc2ccc(Nc3ncc(F)c(-c4cc(F)c5nc(C)n(C(C)C)c5c4)n3)nn2)CC1. The van der Waals surface area contributed by atoms with E-state index in [1.807, 2.05) is 31.4 Å². The minimum Gasteiger partial charge on any atom is -0.326 e. The number of aryl methyl sites for hydroxylation is 1. The highest BCUT2D eigenvalue weighted by molar-refractivity contribution is 5.83. The maximum absolute atomic E-state index is 14.9. The van der Waals surface area contributed by atoms with Gasteiger partial charge >= 0.3 is 0 Å². The molecular formula is C26H31F2N9. The van der Waals surface area contributed by atoms with Gasteiger partial charge in [-0.3, -0.25) is 4.90 Å². The van der Waals surface area contributed by atoms with Crippen molar-refractivity contribution in [1.29, 1.82) is 0 Å². The largest absolute Gasteiger partial charge is 0.326 e. The first kappa shape index (κ1) is 25.1. The fraction of sp³-hybridized carbons (Fsp3) is 0.423. The first-order chi connectivity index (χ1) is 17.8. The topological polar surface area (TPSA) is 87.9 Å². The minimum atomic E-state index is -0.652. The summed E-state index contributed by atoms with van der Waals surface area (Å²) in [6, 6.07) is 6.73. The summed E-state index contributed by atoms with van der Waals surface area (Å²) in [7, 11) is 0. The van der Waals surface area contributed by atoms with Crippen molar-refractivity contribution >= 4 is 22.8 Å². The van der Waals surface area contributed by atoms with Crippen LogP contribution in [0.1, 0.15) is 38.3 Å². The number of hydrogen-bond donors (Lipinski definition) is 1. The number of rotatable bonds is 7. The maximum Gasteiger partial charge on any atom is 0.229 e. The molecule has 0 atom stereocenters. The fourth-order valence-corrected chi connectivity index (χ4v) is 4.81. The van der Waals surface area contributed by atoms with Crippen LogP contribution < -0.4 is 5.32 Å².